The highest BCUT2D eigenvalue weighted by Crippen LogP contribution is 2.17. The topological polar surface area (TPSA) is 89.7 Å². The highest BCUT2D eigenvalue weighted by atomic mass is 35.5. The zero-order valence-electron chi connectivity index (χ0n) is 13.9. The van der Waals surface area contributed by atoms with E-state index in [-0.39, 0.29) is 28.9 Å². The monoisotopic (exact) mass is 364 g/mol. The van der Waals surface area contributed by atoms with Crippen molar-refractivity contribution in [2.45, 2.75) is 31.2 Å². The first-order chi connectivity index (χ1) is 10.2. The maximum atomic E-state index is 12.5. The van der Waals surface area contributed by atoms with Gasteiger partial charge in [0.25, 0.3) is 0 Å². The molecule has 0 bridgehead atoms. The van der Waals surface area contributed by atoms with Crippen molar-refractivity contribution in [1.82, 2.24) is 4.31 Å². The highest BCUT2D eigenvalue weighted by Gasteiger charge is 2.22. The van der Waals surface area contributed by atoms with Gasteiger partial charge < -0.3 is 10.5 Å². The SMILES string of the molecule is COC(=O)c1cccc(S(=O)(=O)N(C)CCC(N)C(C)C)c1.Cl. The molecule has 0 aliphatic rings. The average Bonchev–Trinajstić information content (AvgIpc) is 2.51. The maximum absolute atomic E-state index is 12.5. The van der Waals surface area contributed by atoms with E-state index < -0.39 is 16.0 Å². The van der Waals surface area contributed by atoms with Gasteiger partial charge in [-0.3, -0.25) is 0 Å². The van der Waals surface area contributed by atoms with Gasteiger partial charge in [0.05, 0.1) is 17.6 Å². The van der Waals surface area contributed by atoms with Crippen LogP contribution in [0.4, 0.5) is 0 Å². The molecule has 0 spiro atoms. The summed E-state index contributed by atoms with van der Waals surface area (Å²) in [6, 6.07) is 5.76. The van der Waals surface area contributed by atoms with Crippen LogP contribution in [0.25, 0.3) is 0 Å². The summed E-state index contributed by atoms with van der Waals surface area (Å²) < 4.78 is 30.9. The minimum absolute atomic E-state index is 0. The fourth-order valence-corrected chi connectivity index (χ4v) is 3.10. The van der Waals surface area contributed by atoms with Crippen LogP contribution < -0.4 is 5.73 Å². The van der Waals surface area contributed by atoms with E-state index in [1.165, 1.54) is 42.7 Å². The van der Waals surface area contributed by atoms with Crippen LogP contribution in [0.3, 0.4) is 0 Å². The molecule has 1 rings (SSSR count). The molecule has 0 fully saturated rings. The fourth-order valence-electron chi connectivity index (χ4n) is 1.87. The van der Waals surface area contributed by atoms with Crippen molar-refractivity contribution in [2.24, 2.45) is 11.7 Å². The quantitative estimate of drug-likeness (QED) is 0.746. The van der Waals surface area contributed by atoms with Crippen LogP contribution >= 0.6 is 12.4 Å². The maximum Gasteiger partial charge on any atom is 0.337 e. The van der Waals surface area contributed by atoms with Gasteiger partial charge in [-0.1, -0.05) is 19.9 Å². The van der Waals surface area contributed by atoms with Crippen LogP contribution in [0.5, 0.6) is 0 Å². The van der Waals surface area contributed by atoms with Crippen LogP contribution in [-0.2, 0) is 14.8 Å². The van der Waals surface area contributed by atoms with Gasteiger partial charge in [-0.05, 0) is 30.5 Å². The zero-order chi connectivity index (χ0) is 16.9. The summed E-state index contributed by atoms with van der Waals surface area (Å²) >= 11 is 0. The Kier molecular flexibility index (Phi) is 8.76. The average molecular weight is 365 g/mol. The second kappa shape index (κ2) is 9.22. The van der Waals surface area contributed by atoms with Crippen molar-refractivity contribution < 1.29 is 17.9 Å². The van der Waals surface area contributed by atoms with E-state index in [1.54, 1.807) is 0 Å². The van der Waals surface area contributed by atoms with Gasteiger partial charge in [-0.15, -0.1) is 12.4 Å². The van der Waals surface area contributed by atoms with Crippen molar-refractivity contribution in [3.05, 3.63) is 29.8 Å². The number of hydrogen-bond donors (Lipinski definition) is 1. The number of hydrogen-bond acceptors (Lipinski definition) is 5. The molecule has 1 aromatic carbocycles. The second-order valence-electron chi connectivity index (χ2n) is 5.54. The second-order valence-corrected chi connectivity index (χ2v) is 7.59. The third kappa shape index (κ3) is 5.76. The van der Waals surface area contributed by atoms with E-state index in [0.29, 0.717) is 18.9 Å². The van der Waals surface area contributed by atoms with E-state index in [4.69, 9.17) is 5.73 Å². The minimum atomic E-state index is -3.65. The molecular formula is C15H25ClN2O4S. The molecule has 0 heterocycles. The summed E-state index contributed by atoms with van der Waals surface area (Å²) in [5.74, 6) is -0.278. The predicted molar refractivity (Wildman–Crippen MR) is 92.3 cm³/mol. The molecule has 1 atom stereocenters. The Morgan fingerprint density at radius 3 is 2.48 bits per heavy atom. The number of methoxy groups -OCH3 is 1. The van der Waals surface area contributed by atoms with Crippen LogP contribution in [0.2, 0.25) is 0 Å². The smallest absolute Gasteiger partial charge is 0.337 e. The molecule has 0 saturated heterocycles. The minimum Gasteiger partial charge on any atom is -0.465 e. The lowest BCUT2D eigenvalue weighted by Crippen LogP contribution is -2.34. The van der Waals surface area contributed by atoms with Gasteiger partial charge in [0.2, 0.25) is 10.0 Å². The van der Waals surface area contributed by atoms with Crippen molar-refractivity contribution in [2.75, 3.05) is 20.7 Å². The molecule has 0 aliphatic heterocycles. The summed E-state index contributed by atoms with van der Waals surface area (Å²) in [4.78, 5) is 11.6. The first-order valence-electron chi connectivity index (χ1n) is 7.10. The molecule has 1 unspecified atom stereocenters. The van der Waals surface area contributed by atoms with Crippen molar-refractivity contribution in [3.8, 4) is 0 Å². The molecule has 0 radical (unpaired) electrons. The first-order valence-corrected chi connectivity index (χ1v) is 8.54. The van der Waals surface area contributed by atoms with Crippen molar-refractivity contribution >= 4 is 28.4 Å². The first kappa shape index (κ1) is 21.9. The van der Waals surface area contributed by atoms with Gasteiger partial charge in [-0.25, -0.2) is 17.5 Å². The Bertz CT molecular complexity index is 620. The van der Waals surface area contributed by atoms with Crippen LogP contribution in [-0.4, -0.2) is 45.4 Å². The lowest BCUT2D eigenvalue weighted by atomic mass is 10.0. The van der Waals surface area contributed by atoms with Gasteiger partial charge >= 0.3 is 5.97 Å². The highest BCUT2D eigenvalue weighted by molar-refractivity contribution is 7.89. The Morgan fingerprint density at radius 1 is 1.35 bits per heavy atom. The molecule has 23 heavy (non-hydrogen) atoms. The van der Waals surface area contributed by atoms with E-state index in [9.17, 15) is 13.2 Å². The third-order valence-electron chi connectivity index (χ3n) is 3.60. The fraction of sp³-hybridized carbons (Fsp3) is 0.533. The summed E-state index contributed by atoms with van der Waals surface area (Å²) in [7, 11) is -0.895. The van der Waals surface area contributed by atoms with Crippen molar-refractivity contribution in [3.63, 3.8) is 0 Å². The van der Waals surface area contributed by atoms with E-state index in [1.807, 2.05) is 13.8 Å². The number of ether oxygens (including phenoxy) is 1. The van der Waals surface area contributed by atoms with Crippen LogP contribution in [0, 0.1) is 5.92 Å². The van der Waals surface area contributed by atoms with Crippen LogP contribution in [0.1, 0.15) is 30.6 Å². The largest absolute Gasteiger partial charge is 0.465 e. The number of halogens is 1. The van der Waals surface area contributed by atoms with Gasteiger partial charge in [-0.2, -0.15) is 0 Å². The Labute approximate surface area is 144 Å². The molecule has 6 nitrogen and oxygen atoms in total. The normalized spacial score (nSPS) is 12.8. The lowest BCUT2D eigenvalue weighted by Gasteiger charge is -2.21. The Balaban J connectivity index is 0.00000484. The number of esters is 1. The molecular weight excluding hydrogens is 340 g/mol. The standard InChI is InChI=1S/C15H24N2O4S.ClH/c1-11(2)14(16)8-9-17(3)22(19,20)13-7-5-6-12(10-13)15(18)21-4;/h5-7,10-11,14H,8-9,16H2,1-4H3;1H. The number of sulfonamides is 1. The Hall–Kier alpha value is -1.15. The number of rotatable bonds is 7. The van der Waals surface area contributed by atoms with Gasteiger partial charge in [0, 0.05) is 19.6 Å². The molecule has 8 heteroatoms. The zero-order valence-corrected chi connectivity index (χ0v) is 15.5. The molecule has 0 amide bonds. The van der Waals surface area contributed by atoms with E-state index in [2.05, 4.69) is 4.74 Å². The number of benzene rings is 1. The molecule has 0 saturated carbocycles. The summed E-state index contributed by atoms with van der Waals surface area (Å²) in [6.07, 6.45) is 0.574. The van der Waals surface area contributed by atoms with Crippen LogP contribution in [0.15, 0.2) is 29.2 Å². The molecule has 0 aromatic heterocycles. The van der Waals surface area contributed by atoms with E-state index >= 15 is 0 Å². The number of carbonyl (C=O) groups is 1. The molecule has 1 aromatic rings. The number of carbonyl (C=O) groups excluding carboxylic acids is 1. The Morgan fingerprint density at radius 2 is 1.96 bits per heavy atom. The van der Waals surface area contributed by atoms with Gasteiger partial charge in [0.15, 0.2) is 0 Å². The predicted octanol–water partition coefficient (Wildman–Crippen LogP) is 1.89. The van der Waals surface area contributed by atoms with Gasteiger partial charge in [0.1, 0.15) is 0 Å². The van der Waals surface area contributed by atoms with E-state index in [0.717, 1.165) is 0 Å². The molecule has 132 valence electrons. The van der Waals surface area contributed by atoms with Crippen molar-refractivity contribution in [1.29, 1.82) is 0 Å². The number of nitrogens with two attached hydrogens (primary N) is 1. The summed E-state index contributed by atoms with van der Waals surface area (Å²) in [5.41, 5.74) is 6.15. The lowest BCUT2D eigenvalue weighted by molar-refractivity contribution is 0.0600. The summed E-state index contributed by atoms with van der Waals surface area (Å²) in [6.45, 7) is 4.32. The summed E-state index contributed by atoms with van der Waals surface area (Å²) in [5, 5.41) is 0. The molecule has 0 aliphatic carbocycles. The molecule has 2 N–H and O–H groups in total. The number of nitrogens with zero attached hydrogens (tertiary/aromatic N) is 1. The third-order valence-corrected chi connectivity index (χ3v) is 5.45.